The predicted molar refractivity (Wildman–Crippen MR) is 102 cm³/mol. The van der Waals surface area contributed by atoms with Crippen LogP contribution < -0.4 is 0 Å². The molecule has 0 bridgehead atoms. The van der Waals surface area contributed by atoms with E-state index in [1.54, 1.807) is 19.1 Å². The van der Waals surface area contributed by atoms with Crippen molar-refractivity contribution < 1.29 is 27.9 Å². The molecular formula is C20H16ClFN2O5. The van der Waals surface area contributed by atoms with Gasteiger partial charge in [-0.1, -0.05) is 11.6 Å². The lowest BCUT2D eigenvalue weighted by molar-refractivity contribution is -0.139. The largest absolute Gasteiger partial charge is 0.463 e. The van der Waals surface area contributed by atoms with Crippen LogP contribution in [0.15, 0.2) is 46.9 Å². The molecule has 150 valence electrons. The molecule has 7 nitrogen and oxygen atoms in total. The molecule has 0 atom stereocenters. The maximum absolute atomic E-state index is 13.1. The summed E-state index contributed by atoms with van der Waals surface area (Å²) >= 11 is 6.35. The van der Waals surface area contributed by atoms with Crippen molar-refractivity contribution in [2.45, 2.75) is 13.5 Å². The number of carbonyl (C=O) groups excluding carboxylic acids is 2. The zero-order chi connectivity index (χ0) is 21.0. The van der Waals surface area contributed by atoms with Crippen molar-refractivity contribution in [3.8, 4) is 5.69 Å². The maximum Gasteiger partial charge on any atom is 0.373 e. The fraction of sp³-hybridized carbons (Fsp3) is 0.150. The number of benzene rings is 1. The van der Waals surface area contributed by atoms with Crippen LogP contribution in [-0.4, -0.2) is 28.8 Å². The minimum absolute atomic E-state index is 0.0182. The van der Waals surface area contributed by atoms with Gasteiger partial charge in [0.25, 0.3) is 0 Å². The lowest BCUT2D eigenvalue weighted by Gasteiger charge is -2.02. The summed E-state index contributed by atoms with van der Waals surface area (Å²) in [5.74, 6) is -1.31. The van der Waals surface area contributed by atoms with Gasteiger partial charge in [-0.05, 0) is 49.4 Å². The molecule has 29 heavy (non-hydrogen) atoms. The Hall–Kier alpha value is -3.39. The third kappa shape index (κ3) is 4.72. The van der Waals surface area contributed by atoms with Crippen LogP contribution in [0.3, 0.4) is 0 Å². The minimum atomic E-state index is -0.633. The quantitative estimate of drug-likeness (QED) is 0.442. The number of ether oxygens (including phenoxy) is 2. The molecule has 2 heterocycles. The van der Waals surface area contributed by atoms with Crippen molar-refractivity contribution in [2.75, 3.05) is 7.11 Å². The van der Waals surface area contributed by atoms with Crippen LogP contribution in [-0.2, 0) is 20.9 Å². The smallest absolute Gasteiger partial charge is 0.373 e. The third-order valence-electron chi connectivity index (χ3n) is 3.91. The van der Waals surface area contributed by atoms with Gasteiger partial charge in [0.1, 0.15) is 23.3 Å². The number of aromatic nitrogens is 2. The van der Waals surface area contributed by atoms with Crippen LogP contribution >= 0.6 is 11.6 Å². The Labute approximate surface area is 170 Å². The van der Waals surface area contributed by atoms with E-state index in [-0.39, 0.29) is 23.3 Å². The Kier molecular flexibility index (Phi) is 6.13. The van der Waals surface area contributed by atoms with Crippen molar-refractivity contribution in [3.63, 3.8) is 0 Å². The van der Waals surface area contributed by atoms with Crippen LogP contribution in [0, 0.1) is 12.7 Å². The van der Waals surface area contributed by atoms with Gasteiger partial charge in [-0.15, -0.1) is 0 Å². The molecule has 9 heteroatoms. The highest BCUT2D eigenvalue weighted by molar-refractivity contribution is 6.31. The fourth-order valence-corrected chi connectivity index (χ4v) is 2.80. The highest BCUT2D eigenvalue weighted by Crippen LogP contribution is 2.25. The number of aryl methyl sites for hydroxylation is 1. The van der Waals surface area contributed by atoms with Crippen LogP contribution in [0.5, 0.6) is 0 Å². The molecule has 0 saturated carbocycles. The summed E-state index contributed by atoms with van der Waals surface area (Å²) in [7, 11) is 1.24. The van der Waals surface area contributed by atoms with E-state index in [4.69, 9.17) is 20.8 Å². The van der Waals surface area contributed by atoms with E-state index < -0.39 is 11.9 Å². The average molecular weight is 419 g/mol. The van der Waals surface area contributed by atoms with E-state index >= 15 is 0 Å². The van der Waals surface area contributed by atoms with Gasteiger partial charge >= 0.3 is 11.9 Å². The molecule has 0 aliphatic rings. The monoisotopic (exact) mass is 418 g/mol. The van der Waals surface area contributed by atoms with E-state index in [0.717, 1.165) is 0 Å². The third-order valence-corrected chi connectivity index (χ3v) is 4.27. The molecule has 0 aliphatic carbocycles. The zero-order valence-electron chi connectivity index (χ0n) is 15.5. The van der Waals surface area contributed by atoms with E-state index in [0.29, 0.717) is 22.7 Å². The van der Waals surface area contributed by atoms with Gasteiger partial charge < -0.3 is 13.9 Å². The number of carbonyl (C=O) groups is 2. The molecule has 0 spiro atoms. The SMILES string of the molecule is COC(=O)c1ccc(COC(=O)/C=C/c2c(C)nn(-c3ccc(F)cc3)c2Cl)o1. The number of nitrogens with zero attached hydrogens (tertiary/aromatic N) is 2. The standard InChI is InChI=1S/C20H16ClFN2O5/c1-12-16(19(21)24(23-12)14-5-3-13(22)4-6-14)8-10-18(25)28-11-15-7-9-17(29-15)20(26)27-2/h3-10H,11H2,1-2H3/b10-8+. The van der Waals surface area contributed by atoms with Crippen LogP contribution in [0.4, 0.5) is 4.39 Å². The van der Waals surface area contributed by atoms with Gasteiger partial charge in [0.2, 0.25) is 5.76 Å². The first-order chi connectivity index (χ1) is 13.9. The van der Waals surface area contributed by atoms with E-state index in [9.17, 15) is 14.0 Å². The van der Waals surface area contributed by atoms with Gasteiger partial charge in [-0.25, -0.2) is 18.7 Å². The second-order valence-corrected chi connectivity index (χ2v) is 6.23. The maximum atomic E-state index is 13.1. The molecule has 0 amide bonds. The lowest BCUT2D eigenvalue weighted by Crippen LogP contribution is -2.01. The molecule has 3 rings (SSSR count). The lowest BCUT2D eigenvalue weighted by atomic mass is 10.2. The van der Waals surface area contributed by atoms with Crippen LogP contribution in [0.25, 0.3) is 11.8 Å². The Morgan fingerprint density at radius 1 is 1.24 bits per heavy atom. The second-order valence-electron chi connectivity index (χ2n) is 5.88. The van der Waals surface area contributed by atoms with Crippen molar-refractivity contribution in [1.29, 1.82) is 0 Å². The molecule has 2 aromatic heterocycles. The molecule has 0 N–H and O–H groups in total. The molecule has 0 unspecified atom stereocenters. The normalized spacial score (nSPS) is 11.0. The van der Waals surface area contributed by atoms with E-state index in [1.165, 1.54) is 48.2 Å². The minimum Gasteiger partial charge on any atom is -0.463 e. The van der Waals surface area contributed by atoms with Crippen molar-refractivity contribution in [2.24, 2.45) is 0 Å². The number of halogens is 2. The van der Waals surface area contributed by atoms with E-state index in [2.05, 4.69) is 9.84 Å². The van der Waals surface area contributed by atoms with Crippen LogP contribution in [0.2, 0.25) is 5.15 Å². The Balaban J connectivity index is 1.66. The molecule has 1 aromatic carbocycles. The van der Waals surface area contributed by atoms with Crippen molar-refractivity contribution in [3.05, 3.63) is 76.2 Å². The molecule has 0 aliphatic heterocycles. The molecule has 0 fully saturated rings. The first kappa shape index (κ1) is 20.3. The second kappa shape index (κ2) is 8.74. The number of rotatable bonds is 6. The van der Waals surface area contributed by atoms with Gasteiger partial charge in [-0.3, -0.25) is 0 Å². The summed E-state index contributed by atoms with van der Waals surface area (Å²) < 4.78 is 29.4. The molecule has 0 radical (unpaired) electrons. The summed E-state index contributed by atoms with van der Waals surface area (Å²) in [6, 6.07) is 8.63. The summed E-state index contributed by atoms with van der Waals surface area (Å²) in [4.78, 5) is 23.3. The topological polar surface area (TPSA) is 83.6 Å². The fourth-order valence-electron chi connectivity index (χ4n) is 2.46. The summed E-state index contributed by atoms with van der Waals surface area (Å²) in [5.41, 5.74) is 1.69. The summed E-state index contributed by atoms with van der Waals surface area (Å²) in [6.45, 7) is 1.58. The average Bonchev–Trinajstić information content (AvgIpc) is 3.30. The molecule has 3 aromatic rings. The number of furan rings is 1. The van der Waals surface area contributed by atoms with Gasteiger partial charge in [-0.2, -0.15) is 5.10 Å². The summed E-state index contributed by atoms with van der Waals surface area (Å²) in [5, 5.41) is 4.58. The van der Waals surface area contributed by atoms with Gasteiger partial charge in [0.05, 0.1) is 18.5 Å². The number of methoxy groups -OCH3 is 1. The van der Waals surface area contributed by atoms with E-state index in [1.807, 2.05) is 0 Å². The van der Waals surface area contributed by atoms with Gasteiger partial charge in [0.15, 0.2) is 0 Å². The molecule has 0 saturated heterocycles. The first-order valence-corrected chi connectivity index (χ1v) is 8.79. The Bertz CT molecular complexity index is 1070. The van der Waals surface area contributed by atoms with Crippen molar-refractivity contribution >= 4 is 29.6 Å². The van der Waals surface area contributed by atoms with Crippen LogP contribution in [0.1, 0.15) is 27.6 Å². The Morgan fingerprint density at radius 2 is 1.97 bits per heavy atom. The highest BCUT2D eigenvalue weighted by atomic mass is 35.5. The predicted octanol–water partition coefficient (Wildman–Crippen LogP) is 4.11. The summed E-state index contributed by atoms with van der Waals surface area (Å²) in [6.07, 6.45) is 2.68. The van der Waals surface area contributed by atoms with Crippen molar-refractivity contribution in [1.82, 2.24) is 9.78 Å². The number of esters is 2. The van der Waals surface area contributed by atoms with Gasteiger partial charge in [0, 0.05) is 11.6 Å². The Morgan fingerprint density at radius 3 is 2.66 bits per heavy atom. The first-order valence-electron chi connectivity index (χ1n) is 8.42. The number of hydrogen-bond donors (Lipinski definition) is 0. The molecular weight excluding hydrogens is 403 g/mol. The zero-order valence-corrected chi connectivity index (χ0v) is 16.3. The highest BCUT2D eigenvalue weighted by Gasteiger charge is 2.14. The number of hydrogen-bond acceptors (Lipinski definition) is 6.